The molecule has 0 radical (unpaired) electrons. The molecule has 7 nitrogen and oxygen atoms in total. The van der Waals surface area contributed by atoms with E-state index in [-0.39, 0.29) is 6.61 Å². The second-order valence-electron chi connectivity index (χ2n) is 1.40. The first-order valence-corrected chi connectivity index (χ1v) is 2.67. The van der Waals surface area contributed by atoms with Crippen LogP contribution in [0.3, 0.4) is 0 Å². The fourth-order valence-electron chi connectivity index (χ4n) is 0.348. The lowest BCUT2D eigenvalue weighted by Gasteiger charge is -1.95. The Labute approximate surface area is 61.4 Å². The molecule has 0 aromatic heterocycles. The highest BCUT2D eigenvalue weighted by Gasteiger charge is 2.26. The molecule has 0 aliphatic rings. The Kier molecular flexibility index (Phi) is 3.57. The monoisotopic (exact) mass is 162 g/mol. The minimum absolute atomic E-state index is 0.00824. The predicted octanol–water partition coefficient (Wildman–Crippen LogP) is -0.386. The van der Waals surface area contributed by atoms with Crippen LogP contribution < -0.4 is 0 Å². The number of hydrogen-bond acceptors (Lipinski definition) is 6. The average Bonchev–Trinajstić information content (AvgIpc) is 1.88. The standard InChI is InChI=1S/C4H6N2O5/c1-2-11-4(7)3(5-8)6(9)10/h8H,2H2,1H3. The largest absolute Gasteiger partial charge is 0.494 e. The number of ether oxygens (including phenoxy) is 1. The topological polar surface area (TPSA) is 102 Å². The summed E-state index contributed by atoms with van der Waals surface area (Å²) in [7, 11) is 0. The maximum absolute atomic E-state index is 10.5. The van der Waals surface area contributed by atoms with Gasteiger partial charge in [-0.3, -0.25) is 0 Å². The number of carbonyl (C=O) groups is 1. The van der Waals surface area contributed by atoms with E-state index in [0.717, 1.165) is 0 Å². The highest BCUT2D eigenvalue weighted by Crippen LogP contribution is 1.85. The summed E-state index contributed by atoms with van der Waals surface area (Å²) in [5.74, 6) is -2.47. The summed E-state index contributed by atoms with van der Waals surface area (Å²) in [4.78, 5) is 19.2. The van der Waals surface area contributed by atoms with Crippen molar-refractivity contribution in [3.63, 3.8) is 0 Å². The van der Waals surface area contributed by atoms with E-state index in [2.05, 4.69) is 9.89 Å². The van der Waals surface area contributed by atoms with Gasteiger partial charge in [0.1, 0.15) is 0 Å². The van der Waals surface area contributed by atoms with Gasteiger partial charge in [-0.15, -0.1) is 0 Å². The lowest BCUT2D eigenvalue weighted by Crippen LogP contribution is -2.25. The summed E-state index contributed by atoms with van der Waals surface area (Å²) < 4.78 is 4.18. The van der Waals surface area contributed by atoms with Gasteiger partial charge in [0, 0.05) is 0 Å². The summed E-state index contributed by atoms with van der Waals surface area (Å²) in [5, 5.41) is 19.9. The quantitative estimate of drug-likeness (QED) is 0.141. The van der Waals surface area contributed by atoms with Crippen LogP contribution in [0.4, 0.5) is 0 Å². The van der Waals surface area contributed by atoms with E-state index >= 15 is 0 Å². The van der Waals surface area contributed by atoms with Gasteiger partial charge in [-0.25, -0.2) is 4.79 Å². The van der Waals surface area contributed by atoms with Crippen molar-refractivity contribution in [1.82, 2.24) is 0 Å². The van der Waals surface area contributed by atoms with Crippen molar-refractivity contribution in [2.45, 2.75) is 6.92 Å². The minimum Gasteiger partial charge on any atom is -0.457 e. The second kappa shape index (κ2) is 4.20. The number of esters is 1. The first kappa shape index (κ1) is 9.34. The molecule has 1 N–H and O–H groups in total. The molecule has 7 heteroatoms. The molecular weight excluding hydrogens is 156 g/mol. The normalized spacial score (nSPS) is 10.8. The molecular formula is C4H6N2O5. The lowest BCUT2D eigenvalue weighted by atomic mass is 10.6. The SMILES string of the molecule is CCOC(=O)C(=NO)[N+](=O)[O-]. The molecule has 0 saturated carbocycles. The molecule has 0 aliphatic carbocycles. The van der Waals surface area contributed by atoms with Gasteiger partial charge in [0.05, 0.1) is 6.61 Å². The Balaban J connectivity index is 4.29. The van der Waals surface area contributed by atoms with E-state index in [0.29, 0.717) is 0 Å². The van der Waals surface area contributed by atoms with Crippen LogP contribution in [0, 0.1) is 10.1 Å². The van der Waals surface area contributed by atoms with E-state index < -0.39 is 16.7 Å². The predicted molar refractivity (Wildman–Crippen MR) is 32.8 cm³/mol. The van der Waals surface area contributed by atoms with Crippen molar-refractivity contribution in [3.8, 4) is 0 Å². The summed E-state index contributed by atoms with van der Waals surface area (Å²) in [6.45, 7) is 1.47. The van der Waals surface area contributed by atoms with Gasteiger partial charge < -0.3 is 20.1 Å². The van der Waals surface area contributed by atoms with E-state index in [1.165, 1.54) is 6.92 Å². The van der Waals surface area contributed by atoms with E-state index in [9.17, 15) is 14.9 Å². The van der Waals surface area contributed by atoms with Crippen LogP contribution in [-0.2, 0) is 9.53 Å². The van der Waals surface area contributed by atoms with E-state index in [1.807, 2.05) is 0 Å². The van der Waals surface area contributed by atoms with Crippen LogP contribution in [-0.4, -0.2) is 28.5 Å². The van der Waals surface area contributed by atoms with Gasteiger partial charge in [-0.2, -0.15) is 0 Å². The summed E-state index contributed by atoms with van der Waals surface area (Å²) in [6.07, 6.45) is 0. The number of carbonyl (C=O) groups excluding carboxylic acids is 1. The number of amidine groups is 1. The molecule has 0 saturated heterocycles. The molecule has 11 heavy (non-hydrogen) atoms. The third-order valence-corrected chi connectivity index (χ3v) is 0.726. The molecule has 0 aliphatic heterocycles. The van der Waals surface area contributed by atoms with Gasteiger partial charge in [-0.05, 0) is 11.8 Å². The van der Waals surface area contributed by atoms with Gasteiger partial charge >= 0.3 is 11.8 Å². The molecule has 0 aromatic carbocycles. The highest BCUT2D eigenvalue weighted by molar-refractivity contribution is 6.31. The minimum atomic E-state index is -1.25. The van der Waals surface area contributed by atoms with Gasteiger partial charge in [-0.1, -0.05) is 0 Å². The van der Waals surface area contributed by atoms with Crippen molar-refractivity contribution >= 4 is 11.8 Å². The van der Waals surface area contributed by atoms with Crippen LogP contribution in [0.25, 0.3) is 0 Å². The number of nitrogens with zero attached hydrogens (tertiary/aromatic N) is 2. The van der Waals surface area contributed by atoms with Crippen molar-refractivity contribution in [1.29, 1.82) is 0 Å². The Morgan fingerprint density at radius 2 is 2.36 bits per heavy atom. The van der Waals surface area contributed by atoms with Crippen LogP contribution >= 0.6 is 0 Å². The zero-order valence-corrected chi connectivity index (χ0v) is 5.68. The molecule has 0 bridgehead atoms. The summed E-state index contributed by atoms with van der Waals surface area (Å²) in [5.41, 5.74) is 0. The number of oxime groups is 1. The Bertz CT molecular complexity index is 199. The van der Waals surface area contributed by atoms with Crippen LogP contribution in [0.5, 0.6) is 0 Å². The van der Waals surface area contributed by atoms with Crippen LogP contribution in [0.15, 0.2) is 5.16 Å². The summed E-state index contributed by atoms with van der Waals surface area (Å²) >= 11 is 0. The number of nitro groups is 1. The average molecular weight is 162 g/mol. The zero-order chi connectivity index (χ0) is 8.85. The molecule has 0 atom stereocenters. The molecule has 0 fully saturated rings. The molecule has 62 valence electrons. The first-order valence-electron chi connectivity index (χ1n) is 2.67. The van der Waals surface area contributed by atoms with Crippen molar-refractivity contribution < 1.29 is 19.7 Å². The Hall–Kier alpha value is -1.66. The smallest absolute Gasteiger partial charge is 0.457 e. The molecule has 0 heterocycles. The third kappa shape index (κ3) is 2.61. The number of rotatable bonds is 1. The Morgan fingerprint density at radius 3 is 2.64 bits per heavy atom. The highest BCUT2D eigenvalue weighted by atomic mass is 16.6. The van der Waals surface area contributed by atoms with Crippen molar-refractivity contribution in [2.24, 2.45) is 5.16 Å². The maximum atomic E-state index is 10.5. The van der Waals surface area contributed by atoms with Gasteiger partial charge in [0.25, 0.3) is 0 Å². The van der Waals surface area contributed by atoms with Crippen molar-refractivity contribution in [2.75, 3.05) is 6.61 Å². The summed E-state index contributed by atoms with van der Waals surface area (Å²) in [6, 6.07) is 0. The van der Waals surface area contributed by atoms with Crippen LogP contribution in [0.2, 0.25) is 0 Å². The van der Waals surface area contributed by atoms with Gasteiger partial charge in [0.15, 0.2) is 5.16 Å². The molecule has 0 aromatic rings. The molecule has 0 rings (SSSR count). The first-order chi connectivity index (χ1) is 5.13. The molecule has 0 unspecified atom stereocenters. The fourth-order valence-corrected chi connectivity index (χ4v) is 0.348. The lowest BCUT2D eigenvalue weighted by molar-refractivity contribution is -0.352. The Morgan fingerprint density at radius 1 is 1.82 bits per heavy atom. The molecule has 0 spiro atoms. The fraction of sp³-hybridized carbons (Fsp3) is 0.500. The van der Waals surface area contributed by atoms with Crippen molar-refractivity contribution in [3.05, 3.63) is 10.1 Å². The van der Waals surface area contributed by atoms with E-state index in [1.54, 1.807) is 0 Å². The zero-order valence-electron chi connectivity index (χ0n) is 5.68. The van der Waals surface area contributed by atoms with Crippen LogP contribution in [0.1, 0.15) is 6.92 Å². The number of hydrogen-bond donors (Lipinski definition) is 1. The second-order valence-corrected chi connectivity index (χ2v) is 1.40. The maximum Gasteiger partial charge on any atom is 0.494 e. The van der Waals surface area contributed by atoms with E-state index in [4.69, 9.17) is 5.21 Å². The molecule has 0 amide bonds. The third-order valence-electron chi connectivity index (χ3n) is 0.726. The van der Waals surface area contributed by atoms with Gasteiger partial charge in [0.2, 0.25) is 0 Å².